The summed E-state index contributed by atoms with van der Waals surface area (Å²) in [5.41, 5.74) is 5.98. The first-order chi connectivity index (χ1) is 8.63. The van der Waals surface area contributed by atoms with Crippen molar-refractivity contribution in [2.24, 2.45) is 0 Å². The highest BCUT2D eigenvalue weighted by atomic mass is 35.5. The lowest BCUT2D eigenvalue weighted by molar-refractivity contribution is 0.0520. The van der Waals surface area contributed by atoms with Gasteiger partial charge in [0, 0.05) is 6.20 Å². The first-order valence-corrected chi connectivity index (χ1v) is 5.64. The van der Waals surface area contributed by atoms with Crippen LogP contribution in [0.3, 0.4) is 0 Å². The Morgan fingerprint density at radius 3 is 3.06 bits per heavy atom. The van der Waals surface area contributed by atoms with Gasteiger partial charge in [-0.3, -0.25) is 0 Å². The molecular weight excluding hydrogens is 256 g/mol. The van der Waals surface area contributed by atoms with Crippen molar-refractivity contribution in [3.05, 3.63) is 35.2 Å². The molecule has 0 saturated heterocycles. The maximum atomic E-state index is 11.6. The van der Waals surface area contributed by atoms with E-state index in [9.17, 15) is 4.79 Å². The summed E-state index contributed by atoms with van der Waals surface area (Å²) in [6.45, 7) is 1.97. The lowest BCUT2D eigenvalue weighted by Gasteiger charge is -2.01. The average molecular weight is 267 g/mol. The van der Waals surface area contributed by atoms with Gasteiger partial charge < -0.3 is 10.5 Å². The Balaban J connectivity index is 2.41. The number of carbonyl (C=O) groups excluding carboxylic acids is 1. The van der Waals surface area contributed by atoms with Gasteiger partial charge in [0.25, 0.3) is 0 Å². The molecule has 2 rings (SSSR count). The van der Waals surface area contributed by atoms with Gasteiger partial charge in [-0.25, -0.2) is 14.5 Å². The smallest absolute Gasteiger partial charge is 0.361 e. The number of hydrogen-bond acceptors (Lipinski definition) is 5. The summed E-state index contributed by atoms with van der Waals surface area (Å²) in [7, 11) is 0. The van der Waals surface area contributed by atoms with E-state index in [0.29, 0.717) is 10.8 Å². The molecule has 0 saturated carbocycles. The second-order valence-corrected chi connectivity index (χ2v) is 3.81. The van der Waals surface area contributed by atoms with Gasteiger partial charge in [-0.15, -0.1) is 0 Å². The van der Waals surface area contributed by atoms with Gasteiger partial charge in [0.15, 0.2) is 11.5 Å². The zero-order chi connectivity index (χ0) is 13.1. The molecule has 0 aliphatic rings. The van der Waals surface area contributed by atoms with Crippen molar-refractivity contribution in [1.29, 1.82) is 0 Å². The van der Waals surface area contributed by atoms with Crippen LogP contribution in [-0.4, -0.2) is 27.3 Å². The summed E-state index contributed by atoms with van der Waals surface area (Å²) in [5.74, 6) is -0.165. The molecule has 2 heterocycles. The first-order valence-electron chi connectivity index (χ1n) is 5.26. The maximum Gasteiger partial charge on any atom is 0.361 e. The predicted octanol–water partition coefficient (Wildman–Crippen LogP) is 1.68. The number of pyridine rings is 1. The number of halogens is 1. The van der Waals surface area contributed by atoms with Crippen LogP contribution in [0.15, 0.2) is 24.5 Å². The molecule has 0 aromatic carbocycles. The number of ether oxygens (including phenoxy) is 1. The normalized spacial score (nSPS) is 10.3. The maximum absolute atomic E-state index is 11.6. The van der Waals surface area contributed by atoms with E-state index < -0.39 is 5.97 Å². The molecule has 2 N–H and O–H groups in total. The van der Waals surface area contributed by atoms with Crippen LogP contribution in [0.2, 0.25) is 5.02 Å². The predicted molar refractivity (Wildman–Crippen MR) is 66.7 cm³/mol. The highest BCUT2D eigenvalue weighted by Crippen LogP contribution is 2.19. The van der Waals surface area contributed by atoms with Crippen molar-refractivity contribution in [3.63, 3.8) is 0 Å². The van der Waals surface area contributed by atoms with Gasteiger partial charge in [0.1, 0.15) is 0 Å². The van der Waals surface area contributed by atoms with Crippen LogP contribution in [0.1, 0.15) is 17.4 Å². The average Bonchev–Trinajstić information content (AvgIpc) is 2.72. The Labute approximate surface area is 108 Å². The molecule has 0 aliphatic heterocycles. The van der Waals surface area contributed by atoms with E-state index in [0.717, 1.165) is 0 Å². The molecule has 18 heavy (non-hydrogen) atoms. The van der Waals surface area contributed by atoms with Gasteiger partial charge in [-0.05, 0) is 19.1 Å². The molecule has 7 heteroatoms. The number of aromatic nitrogens is 3. The largest absolute Gasteiger partial charge is 0.461 e. The zero-order valence-corrected chi connectivity index (χ0v) is 10.4. The third-order valence-electron chi connectivity index (χ3n) is 2.17. The summed E-state index contributed by atoms with van der Waals surface area (Å²) < 4.78 is 6.19. The molecule has 0 fully saturated rings. The third kappa shape index (κ3) is 2.28. The summed E-state index contributed by atoms with van der Waals surface area (Å²) in [5, 5.41) is 4.44. The Morgan fingerprint density at radius 2 is 2.39 bits per heavy atom. The molecule has 0 atom stereocenters. The number of rotatable bonds is 3. The molecule has 0 unspecified atom stereocenters. The van der Waals surface area contributed by atoms with E-state index in [-0.39, 0.29) is 18.0 Å². The van der Waals surface area contributed by atoms with E-state index in [1.54, 1.807) is 25.3 Å². The van der Waals surface area contributed by atoms with Crippen LogP contribution in [0.25, 0.3) is 5.82 Å². The van der Waals surface area contributed by atoms with Gasteiger partial charge >= 0.3 is 5.97 Å². The highest BCUT2D eigenvalue weighted by Gasteiger charge is 2.17. The van der Waals surface area contributed by atoms with Crippen LogP contribution >= 0.6 is 11.6 Å². The standard InChI is InChI=1S/C11H11ClN4O2/c1-2-18-11(17)9-8(13)6-16(15-9)10-7(12)4-3-5-14-10/h3-6H,2,13H2,1H3. The number of esters is 1. The summed E-state index contributed by atoms with van der Waals surface area (Å²) in [4.78, 5) is 15.6. The van der Waals surface area contributed by atoms with Crippen molar-refractivity contribution < 1.29 is 9.53 Å². The lowest BCUT2D eigenvalue weighted by Crippen LogP contribution is -2.08. The van der Waals surface area contributed by atoms with Crippen LogP contribution < -0.4 is 5.73 Å². The van der Waals surface area contributed by atoms with Crippen molar-refractivity contribution in [3.8, 4) is 5.82 Å². The third-order valence-corrected chi connectivity index (χ3v) is 2.46. The Hall–Kier alpha value is -2.08. The van der Waals surface area contributed by atoms with E-state index >= 15 is 0 Å². The molecule has 0 spiro atoms. The topological polar surface area (TPSA) is 83.0 Å². The fourth-order valence-corrected chi connectivity index (χ4v) is 1.61. The quantitative estimate of drug-likeness (QED) is 0.855. The molecule has 94 valence electrons. The molecule has 0 amide bonds. The number of nitrogen functional groups attached to an aromatic ring is 1. The summed E-state index contributed by atoms with van der Waals surface area (Å²) in [6, 6.07) is 3.37. The van der Waals surface area contributed by atoms with Crippen molar-refractivity contribution in [2.45, 2.75) is 6.92 Å². The molecule has 2 aromatic heterocycles. The first kappa shape index (κ1) is 12.4. The van der Waals surface area contributed by atoms with Gasteiger partial charge in [0.2, 0.25) is 0 Å². The summed E-state index contributed by atoms with van der Waals surface area (Å²) >= 11 is 5.98. The number of nitrogens with zero attached hydrogens (tertiary/aromatic N) is 3. The van der Waals surface area contributed by atoms with Crippen molar-refractivity contribution in [1.82, 2.24) is 14.8 Å². The minimum absolute atomic E-state index is 0.0542. The molecule has 0 bridgehead atoms. The van der Waals surface area contributed by atoms with Crippen LogP contribution in [-0.2, 0) is 4.74 Å². The number of hydrogen-bond donors (Lipinski definition) is 1. The van der Waals surface area contributed by atoms with Crippen molar-refractivity contribution in [2.75, 3.05) is 12.3 Å². The van der Waals surface area contributed by atoms with E-state index in [2.05, 4.69) is 10.1 Å². The Kier molecular flexibility index (Phi) is 3.47. The molecule has 6 nitrogen and oxygen atoms in total. The molecule has 0 radical (unpaired) electrons. The second-order valence-electron chi connectivity index (χ2n) is 3.41. The van der Waals surface area contributed by atoms with Gasteiger partial charge in [-0.2, -0.15) is 5.10 Å². The molecule has 0 aliphatic carbocycles. The monoisotopic (exact) mass is 266 g/mol. The SMILES string of the molecule is CCOC(=O)c1nn(-c2ncccc2Cl)cc1N. The second kappa shape index (κ2) is 5.05. The zero-order valence-electron chi connectivity index (χ0n) is 9.63. The Bertz CT molecular complexity index is 582. The number of anilines is 1. The van der Waals surface area contributed by atoms with E-state index in [4.69, 9.17) is 22.1 Å². The summed E-state index contributed by atoms with van der Waals surface area (Å²) in [6.07, 6.45) is 3.05. The van der Waals surface area contributed by atoms with Crippen LogP contribution in [0, 0.1) is 0 Å². The van der Waals surface area contributed by atoms with Gasteiger partial charge in [0.05, 0.1) is 23.5 Å². The van der Waals surface area contributed by atoms with Crippen LogP contribution in [0.5, 0.6) is 0 Å². The van der Waals surface area contributed by atoms with Gasteiger partial charge in [-0.1, -0.05) is 11.6 Å². The molecule has 2 aromatic rings. The lowest BCUT2D eigenvalue weighted by atomic mass is 10.4. The minimum Gasteiger partial charge on any atom is -0.461 e. The van der Waals surface area contributed by atoms with E-state index in [1.807, 2.05) is 0 Å². The highest BCUT2D eigenvalue weighted by molar-refractivity contribution is 6.32. The van der Waals surface area contributed by atoms with Crippen molar-refractivity contribution >= 4 is 23.3 Å². The minimum atomic E-state index is -0.569. The van der Waals surface area contributed by atoms with E-state index in [1.165, 1.54) is 10.9 Å². The Morgan fingerprint density at radius 1 is 1.61 bits per heavy atom. The van der Waals surface area contributed by atoms with Crippen LogP contribution in [0.4, 0.5) is 5.69 Å². The number of carbonyl (C=O) groups is 1. The fraction of sp³-hybridized carbons (Fsp3) is 0.182. The number of nitrogens with two attached hydrogens (primary N) is 1. The fourth-order valence-electron chi connectivity index (χ4n) is 1.40. The molecular formula is C11H11ClN4O2.